The van der Waals surface area contributed by atoms with E-state index >= 15 is 0 Å². The highest BCUT2D eigenvalue weighted by molar-refractivity contribution is 5.36. The molecule has 1 aromatic carbocycles. The molecule has 3 nitrogen and oxygen atoms in total. The summed E-state index contributed by atoms with van der Waals surface area (Å²) in [6.45, 7) is 4.35. The summed E-state index contributed by atoms with van der Waals surface area (Å²) in [6, 6.07) is 8.76. The summed E-state index contributed by atoms with van der Waals surface area (Å²) >= 11 is 0. The van der Waals surface area contributed by atoms with Gasteiger partial charge in [-0.1, -0.05) is 18.2 Å². The standard InChI is InChI=1S/C18H21FN2O/c1-13-16(14-6-9-20-10-7-14)8-11-21-18(13)22-12-15-4-2-3-5-17(15)19/h2-5,8,11,14,20H,6-7,9-10,12H2,1H3. The van der Waals surface area contributed by atoms with Gasteiger partial charge in [-0.15, -0.1) is 0 Å². The van der Waals surface area contributed by atoms with Crippen LogP contribution in [0.25, 0.3) is 0 Å². The molecule has 1 N–H and O–H groups in total. The van der Waals surface area contributed by atoms with Crippen LogP contribution in [0.3, 0.4) is 0 Å². The van der Waals surface area contributed by atoms with Crippen LogP contribution in [0.5, 0.6) is 5.88 Å². The van der Waals surface area contributed by atoms with Gasteiger partial charge in [0.25, 0.3) is 0 Å². The van der Waals surface area contributed by atoms with Gasteiger partial charge in [0, 0.05) is 17.3 Å². The van der Waals surface area contributed by atoms with Crippen LogP contribution in [0.2, 0.25) is 0 Å². The number of aromatic nitrogens is 1. The summed E-state index contributed by atoms with van der Waals surface area (Å²) in [5, 5.41) is 3.38. The second-order valence-corrected chi connectivity index (χ2v) is 5.73. The molecule has 0 spiro atoms. The maximum atomic E-state index is 13.7. The molecule has 1 aromatic heterocycles. The van der Waals surface area contributed by atoms with Gasteiger partial charge in [-0.3, -0.25) is 0 Å². The van der Waals surface area contributed by atoms with E-state index in [1.165, 1.54) is 11.6 Å². The van der Waals surface area contributed by atoms with Crippen LogP contribution in [0.15, 0.2) is 36.5 Å². The van der Waals surface area contributed by atoms with Crippen molar-refractivity contribution >= 4 is 0 Å². The molecule has 1 fully saturated rings. The zero-order valence-electron chi connectivity index (χ0n) is 12.8. The highest BCUT2D eigenvalue weighted by Gasteiger charge is 2.19. The van der Waals surface area contributed by atoms with E-state index in [0.717, 1.165) is 31.5 Å². The Morgan fingerprint density at radius 2 is 2.00 bits per heavy atom. The van der Waals surface area contributed by atoms with E-state index in [1.807, 2.05) is 13.0 Å². The largest absolute Gasteiger partial charge is 0.472 e. The Labute approximate surface area is 130 Å². The topological polar surface area (TPSA) is 34.2 Å². The first-order valence-electron chi connectivity index (χ1n) is 7.78. The third kappa shape index (κ3) is 3.28. The fourth-order valence-corrected chi connectivity index (χ4v) is 3.01. The third-order valence-corrected chi connectivity index (χ3v) is 4.30. The molecule has 0 saturated carbocycles. The zero-order chi connectivity index (χ0) is 15.4. The molecule has 3 rings (SSSR count). The Kier molecular flexibility index (Phi) is 4.68. The Hall–Kier alpha value is -1.94. The summed E-state index contributed by atoms with van der Waals surface area (Å²) in [7, 11) is 0. The van der Waals surface area contributed by atoms with Crippen molar-refractivity contribution in [3.63, 3.8) is 0 Å². The molecule has 1 saturated heterocycles. The molecule has 0 amide bonds. The molecule has 1 aliphatic heterocycles. The lowest BCUT2D eigenvalue weighted by Crippen LogP contribution is -2.27. The quantitative estimate of drug-likeness (QED) is 0.937. The molecule has 0 radical (unpaired) electrons. The highest BCUT2D eigenvalue weighted by Crippen LogP contribution is 2.31. The summed E-state index contributed by atoms with van der Waals surface area (Å²) in [5.41, 5.74) is 2.93. The number of benzene rings is 1. The lowest BCUT2D eigenvalue weighted by atomic mass is 9.88. The average molecular weight is 300 g/mol. The lowest BCUT2D eigenvalue weighted by molar-refractivity contribution is 0.285. The number of nitrogens with zero attached hydrogens (tertiary/aromatic N) is 1. The molecule has 0 unspecified atom stereocenters. The van der Waals surface area contributed by atoms with Gasteiger partial charge >= 0.3 is 0 Å². The van der Waals surface area contributed by atoms with Crippen molar-refractivity contribution in [2.24, 2.45) is 0 Å². The minimum absolute atomic E-state index is 0.205. The summed E-state index contributed by atoms with van der Waals surface area (Å²) in [4.78, 5) is 4.32. The van der Waals surface area contributed by atoms with E-state index in [-0.39, 0.29) is 12.4 Å². The van der Waals surface area contributed by atoms with Crippen LogP contribution < -0.4 is 10.1 Å². The van der Waals surface area contributed by atoms with Gasteiger partial charge in [-0.2, -0.15) is 0 Å². The number of ether oxygens (including phenoxy) is 1. The molecule has 4 heteroatoms. The van der Waals surface area contributed by atoms with Crippen molar-refractivity contribution in [1.82, 2.24) is 10.3 Å². The number of nitrogens with one attached hydrogen (secondary N) is 1. The number of rotatable bonds is 4. The molecule has 1 aliphatic rings. The number of pyridine rings is 1. The Morgan fingerprint density at radius 1 is 1.23 bits per heavy atom. The van der Waals surface area contributed by atoms with Crippen LogP contribution >= 0.6 is 0 Å². The number of hydrogen-bond donors (Lipinski definition) is 1. The van der Waals surface area contributed by atoms with Crippen molar-refractivity contribution in [2.45, 2.75) is 32.3 Å². The van der Waals surface area contributed by atoms with Crippen molar-refractivity contribution < 1.29 is 9.13 Å². The normalized spacial score (nSPS) is 15.7. The summed E-state index contributed by atoms with van der Waals surface area (Å²) < 4.78 is 19.4. The molecular weight excluding hydrogens is 279 g/mol. The second kappa shape index (κ2) is 6.88. The number of halogens is 1. The number of piperidine rings is 1. The SMILES string of the molecule is Cc1c(C2CCNCC2)ccnc1OCc1ccccc1F. The zero-order valence-corrected chi connectivity index (χ0v) is 12.8. The molecule has 2 aromatic rings. The van der Waals surface area contributed by atoms with Crippen molar-refractivity contribution in [2.75, 3.05) is 13.1 Å². The van der Waals surface area contributed by atoms with Gasteiger partial charge in [-0.25, -0.2) is 9.37 Å². The monoisotopic (exact) mass is 300 g/mol. The fraction of sp³-hybridized carbons (Fsp3) is 0.389. The van der Waals surface area contributed by atoms with Gasteiger partial charge in [-0.05, 0) is 56.5 Å². The molecular formula is C18H21FN2O. The third-order valence-electron chi connectivity index (χ3n) is 4.30. The Bertz CT molecular complexity index is 639. The molecule has 0 aliphatic carbocycles. The van der Waals surface area contributed by atoms with Crippen LogP contribution in [0.1, 0.15) is 35.4 Å². The maximum Gasteiger partial charge on any atom is 0.216 e. The van der Waals surface area contributed by atoms with Gasteiger partial charge in [0.05, 0.1) is 0 Å². The van der Waals surface area contributed by atoms with E-state index < -0.39 is 0 Å². The minimum atomic E-state index is -0.241. The number of hydrogen-bond acceptors (Lipinski definition) is 3. The van der Waals surface area contributed by atoms with Crippen LogP contribution in [0, 0.1) is 12.7 Å². The van der Waals surface area contributed by atoms with E-state index in [1.54, 1.807) is 18.3 Å². The Morgan fingerprint density at radius 3 is 2.77 bits per heavy atom. The average Bonchev–Trinajstić information content (AvgIpc) is 2.56. The summed E-state index contributed by atoms with van der Waals surface area (Å²) in [5.74, 6) is 0.925. The highest BCUT2D eigenvalue weighted by atomic mass is 19.1. The minimum Gasteiger partial charge on any atom is -0.472 e. The van der Waals surface area contributed by atoms with E-state index in [4.69, 9.17) is 4.74 Å². The van der Waals surface area contributed by atoms with Gasteiger partial charge in [0.2, 0.25) is 5.88 Å². The van der Waals surface area contributed by atoms with Crippen LogP contribution in [0.4, 0.5) is 4.39 Å². The molecule has 116 valence electrons. The first-order chi connectivity index (χ1) is 10.8. The molecule has 0 atom stereocenters. The van der Waals surface area contributed by atoms with Crippen molar-refractivity contribution in [3.05, 3.63) is 59.0 Å². The van der Waals surface area contributed by atoms with Crippen LogP contribution in [-0.4, -0.2) is 18.1 Å². The van der Waals surface area contributed by atoms with Gasteiger partial charge in [0.1, 0.15) is 12.4 Å². The van der Waals surface area contributed by atoms with Crippen molar-refractivity contribution in [3.8, 4) is 5.88 Å². The van der Waals surface area contributed by atoms with E-state index in [2.05, 4.69) is 16.4 Å². The first kappa shape index (κ1) is 15.0. The van der Waals surface area contributed by atoms with E-state index in [0.29, 0.717) is 17.4 Å². The molecule has 0 bridgehead atoms. The van der Waals surface area contributed by atoms with E-state index in [9.17, 15) is 4.39 Å². The van der Waals surface area contributed by atoms with Crippen molar-refractivity contribution in [1.29, 1.82) is 0 Å². The predicted molar refractivity (Wildman–Crippen MR) is 84.6 cm³/mol. The maximum absolute atomic E-state index is 13.7. The smallest absolute Gasteiger partial charge is 0.216 e. The molecule has 22 heavy (non-hydrogen) atoms. The van der Waals surface area contributed by atoms with Gasteiger partial charge < -0.3 is 10.1 Å². The first-order valence-corrected chi connectivity index (χ1v) is 7.78. The molecule has 2 heterocycles. The van der Waals surface area contributed by atoms with Crippen LogP contribution in [-0.2, 0) is 6.61 Å². The predicted octanol–water partition coefficient (Wildman–Crippen LogP) is 3.58. The fourth-order valence-electron chi connectivity index (χ4n) is 3.01. The lowest BCUT2D eigenvalue weighted by Gasteiger charge is -2.25. The summed E-state index contributed by atoms with van der Waals surface area (Å²) in [6.07, 6.45) is 4.07. The van der Waals surface area contributed by atoms with Gasteiger partial charge in [0.15, 0.2) is 0 Å². The second-order valence-electron chi connectivity index (χ2n) is 5.73. The Balaban J connectivity index is 1.75.